The first kappa shape index (κ1) is 13.9. The maximum absolute atomic E-state index is 10.8. The third-order valence-corrected chi connectivity index (χ3v) is 2.49. The van der Waals surface area contributed by atoms with Gasteiger partial charge >= 0.3 is 11.9 Å². The molecule has 0 radical (unpaired) electrons. The van der Waals surface area contributed by atoms with Gasteiger partial charge in [-0.3, -0.25) is 9.59 Å². The van der Waals surface area contributed by atoms with Crippen LogP contribution in [-0.2, 0) is 19.1 Å². The maximum atomic E-state index is 10.8. The summed E-state index contributed by atoms with van der Waals surface area (Å²) in [4.78, 5) is 21.2. The Morgan fingerprint density at radius 2 is 2.06 bits per heavy atom. The van der Waals surface area contributed by atoms with E-state index in [4.69, 9.17) is 14.6 Å². The molecule has 0 bridgehead atoms. The van der Waals surface area contributed by atoms with E-state index in [0.29, 0.717) is 0 Å². The normalized spacial score (nSPS) is 33.1. The molecular weight excluding hydrogens is 232 g/mol. The van der Waals surface area contributed by atoms with Crippen molar-refractivity contribution < 1.29 is 34.4 Å². The zero-order valence-corrected chi connectivity index (χ0v) is 9.41. The van der Waals surface area contributed by atoms with E-state index in [1.165, 1.54) is 6.92 Å². The molecule has 4 unspecified atom stereocenters. The van der Waals surface area contributed by atoms with Crippen molar-refractivity contribution in [2.24, 2.45) is 0 Å². The highest BCUT2D eigenvalue weighted by molar-refractivity contribution is 5.67. The van der Waals surface area contributed by atoms with Gasteiger partial charge in [-0.15, -0.1) is 0 Å². The summed E-state index contributed by atoms with van der Waals surface area (Å²) in [7, 11) is 0. The molecule has 4 atom stereocenters. The molecule has 0 aliphatic carbocycles. The van der Waals surface area contributed by atoms with Gasteiger partial charge < -0.3 is 24.8 Å². The Morgan fingerprint density at radius 1 is 1.41 bits per heavy atom. The Bertz CT molecular complexity index is 290. The van der Waals surface area contributed by atoms with E-state index >= 15 is 0 Å². The zero-order valence-electron chi connectivity index (χ0n) is 9.41. The first-order valence-electron chi connectivity index (χ1n) is 5.30. The molecule has 0 amide bonds. The highest BCUT2D eigenvalue weighted by atomic mass is 16.6. The number of aliphatic hydroxyl groups excluding tert-OH is 2. The summed E-state index contributed by atoms with van der Waals surface area (Å²) in [5, 5.41) is 27.7. The van der Waals surface area contributed by atoms with Crippen LogP contribution in [0.15, 0.2) is 0 Å². The van der Waals surface area contributed by atoms with E-state index < -0.39 is 36.5 Å². The second-order valence-electron chi connectivity index (χ2n) is 3.94. The van der Waals surface area contributed by atoms with Crippen molar-refractivity contribution in [1.29, 1.82) is 0 Å². The molecule has 1 rings (SSSR count). The van der Waals surface area contributed by atoms with Gasteiger partial charge in [-0.1, -0.05) is 0 Å². The van der Waals surface area contributed by atoms with Crippen LogP contribution in [0.3, 0.4) is 0 Å². The molecule has 1 heterocycles. The molecule has 1 aliphatic rings. The predicted molar refractivity (Wildman–Crippen MR) is 53.9 cm³/mol. The van der Waals surface area contributed by atoms with Crippen LogP contribution in [0.2, 0.25) is 0 Å². The van der Waals surface area contributed by atoms with Gasteiger partial charge in [-0.2, -0.15) is 0 Å². The Kier molecular flexibility index (Phi) is 4.86. The molecule has 1 saturated heterocycles. The lowest BCUT2D eigenvalue weighted by atomic mass is 9.98. The predicted octanol–water partition coefficient (Wildman–Crippen LogP) is -0.749. The SMILES string of the molecule is CC(=O)OC1CC(O)OC(CCC(=O)O)C1O. The molecule has 7 nitrogen and oxygen atoms in total. The van der Waals surface area contributed by atoms with Crippen LogP contribution >= 0.6 is 0 Å². The Labute approximate surface area is 98.0 Å². The molecule has 98 valence electrons. The minimum Gasteiger partial charge on any atom is -0.481 e. The van der Waals surface area contributed by atoms with Crippen LogP contribution in [0.4, 0.5) is 0 Å². The van der Waals surface area contributed by atoms with E-state index in [2.05, 4.69) is 0 Å². The average Bonchev–Trinajstić information content (AvgIpc) is 2.19. The minimum absolute atomic E-state index is 0.0235. The highest BCUT2D eigenvalue weighted by Gasteiger charge is 2.38. The summed E-state index contributed by atoms with van der Waals surface area (Å²) in [5.74, 6) is -1.59. The largest absolute Gasteiger partial charge is 0.481 e. The third-order valence-electron chi connectivity index (χ3n) is 2.49. The van der Waals surface area contributed by atoms with Crippen molar-refractivity contribution >= 4 is 11.9 Å². The topological polar surface area (TPSA) is 113 Å². The quantitative estimate of drug-likeness (QED) is 0.561. The van der Waals surface area contributed by atoms with Crippen LogP contribution < -0.4 is 0 Å². The summed E-state index contributed by atoms with van der Waals surface area (Å²) in [6.45, 7) is 1.20. The van der Waals surface area contributed by atoms with E-state index in [9.17, 15) is 19.8 Å². The number of rotatable bonds is 4. The van der Waals surface area contributed by atoms with Crippen LogP contribution in [0.5, 0.6) is 0 Å². The maximum Gasteiger partial charge on any atom is 0.303 e. The van der Waals surface area contributed by atoms with Crippen molar-refractivity contribution in [3.8, 4) is 0 Å². The molecule has 1 aliphatic heterocycles. The Balaban J connectivity index is 2.57. The fourth-order valence-corrected chi connectivity index (χ4v) is 1.75. The molecule has 0 spiro atoms. The lowest BCUT2D eigenvalue weighted by Crippen LogP contribution is -2.50. The van der Waals surface area contributed by atoms with E-state index in [1.807, 2.05) is 0 Å². The van der Waals surface area contributed by atoms with Crippen LogP contribution in [0, 0.1) is 0 Å². The number of carbonyl (C=O) groups excluding carboxylic acids is 1. The summed E-state index contributed by atoms with van der Waals surface area (Å²) >= 11 is 0. The van der Waals surface area contributed by atoms with Gasteiger partial charge in [-0.05, 0) is 6.42 Å². The standard InChI is InChI=1S/C10H16O7/c1-5(11)16-7-4-9(14)17-6(10(7)15)2-3-8(12)13/h6-7,9-10,14-15H,2-4H2,1H3,(H,12,13). The number of aliphatic hydroxyl groups is 2. The number of carboxylic acids is 1. The molecule has 17 heavy (non-hydrogen) atoms. The smallest absolute Gasteiger partial charge is 0.303 e. The first-order chi connectivity index (χ1) is 7.90. The van der Waals surface area contributed by atoms with Crippen LogP contribution in [-0.4, -0.2) is 51.9 Å². The second-order valence-corrected chi connectivity index (χ2v) is 3.94. The molecule has 7 heteroatoms. The first-order valence-corrected chi connectivity index (χ1v) is 5.30. The fourth-order valence-electron chi connectivity index (χ4n) is 1.75. The number of ether oxygens (including phenoxy) is 2. The monoisotopic (exact) mass is 248 g/mol. The van der Waals surface area contributed by atoms with E-state index in [-0.39, 0.29) is 19.3 Å². The summed E-state index contributed by atoms with van der Waals surface area (Å²) in [6.07, 6.45) is -4.17. The number of hydrogen-bond acceptors (Lipinski definition) is 6. The van der Waals surface area contributed by atoms with Crippen molar-refractivity contribution in [1.82, 2.24) is 0 Å². The fraction of sp³-hybridized carbons (Fsp3) is 0.800. The van der Waals surface area contributed by atoms with E-state index in [0.717, 1.165) is 0 Å². The lowest BCUT2D eigenvalue weighted by molar-refractivity contribution is -0.239. The summed E-state index contributed by atoms with van der Waals surface area (Å²) in [6, 6.07) is 0. The Hall–Kier alpha value is -1.18. The molecule has 0 aromatic heterocycles. The number of carboxylic acid groups (broad SMARTS) is 1. The molecular formula is C10H16O7. The lowest BCUT2D eigenvalue weighted by Gasteiger charge is -2.36. The summed E-state index contributed by atoms with van der Waals surface area (Å²) < 4.78 is 9.85. The van der Waals surface area contributed by atoms with Crippen molar-refractivity contribution in [2.45, 2.75) is 50.8 Å². The zero-order chi connectivity index (χ0) is 13.0. The number of esters is 1. The highest BCUT2D eigenvalue weighted by Crippen LogP contribution is 2.24. The van der Waals surface area contributed by atoms with Crippen molar-refractivity contribution in [2.75, 3.05) is 0 Å². The van der Waals surface area contributed by atoms with Gasteiger partial charge in [0.1, 0.15) is 12.2 Å². The van der Waals surface area contributed by atoms with Gasteiger partial charge in [-0.25, -0.2) is 0 Å². The third kappa shape index (κ3) is 4.29. The van der Waals surface area contributed by atoms with Crippen molar-refractivity contribution in [3.05, 3.63) is 0 Å². The Morgan fingerprint density at radius 3 is 2.59 bits per heavy atom. The van der Waals surface area contributed by atoms with Gasteiger partial charge in [0.25, 0.3) is 0 Å². The second kappa shape index (κ2) is 5.95. The summed E-state index contributed by atoms with van der Waals surface area (Å²) in [5.41, 5.74) is 0. The van der Waals surface area contributed by atoms with Crippen LogP contribution in [0.1, 0.15) is 26.2 Å². The number of hydrogen-bond donors (Lipinski definition) is 3. The van der Waals surface area contributed by atoms with Crippen LogP contribution in [0.25, 0.3) is 0 Å². The number of carbonyl (C=O) groups is 2. The van der Waals surface area contributed by atoms with Crippen molar-refractivity contribution in [3.63, 3.8) is 0 Å². The molecule has 0 saturated carbocycles. The van der Waals surface area contributed by atoms with Gasteiger partial charge in [0.2, 0.25) is 0 Å². The van der Waals surface area contributed by atoms with Gasteiger partial charge in [0.15, 0.2) is 6.29 Å². The molecule has 0 aromatic rings. The number of aliphatic carboxylic acids is 1. The van der Waals surface area contributed by atoms with Gasteiger partial charge in [0.05, 0.1) is 6.10 Å². The molecule has 3 N–H and O–H groups in total. The molecule has 0 aromatic carbocycles. The van der Waals surface area contributed by atoms with Gasteiger partial charge in [0, 0.05) is 19.8 Å². The van der Waals surface area contributed by atoms with E-state index in [1.54, 1.807) is 0 Å². The average molecular weight is 248 g/mol. The molecule has 1 fully saturated rings. The minimum atomic E-state index is -1.17.